The van der Waals surface area contributed by atoms with E-state index in [4.69, 9.17) is 5.11 Å². The summed E-state index contributed by atoms with van der Waals surface area (Å²) in [5.74, 6) is -1.39. The molecule has 0 aromatic heterocycles. The molecule has 1 aliphatic rings. The first kappa shape index (κ1) is 12.8. The van der Waals surface area contributed by atoms with E-state index in [1.807, 2.05) is 4.90 Å². The first-order valence-corrected chi connectivity index (χ1v) is 5.83. The molecule has 1 unspecified atom stereocenters. The van der Waals surface area contributed by atoms with E-state index in [1.165, 1.54) is 12.1 Å². The van der Waals surface area contributed by atoms with E-state index in [2.05, 4.69) is 0 Å². The second-order valence-electron chi connectivity index (χ2n) is 5.14. The highest BCUT2D eigenvalue weighted by Crippen LogP contribution is 2.31. The minimum Gasteiger partial charge on any atom is -0.508 e. The largest absolute Gasteiger partial charge is 0.508 e. The number of aliphatic carboxylic acids is 1. The van der Waals surface area contributed by atoms with Crippen LogP contribution in [-0.2, 0) is 11.3 Å². The van der Waals surface area contributed by atoms with Crippen LogP contribution in [0, 0.1) is 11.2 Å². The van der Waals surface area contributed by atoms with Crippen molar-refractivity contribution in [2.24, 2.45) is 5.41 Å². The zero-order chi connectivity index (χ0) is 13.3. The van der Waals surface area contributed by atoms with E-state index in [-0.39, 0.29) is 5.75 Å². The van der Waals surface area contributed by atoms with Crippen molar-refractivity contribution in [3.63, 3.8) is 0 Å². The number of likely N-dealkylation sites (tertiary alicyclic amines) is 1. The number of phenols is 1. The summed E-state index contributed by atoms with van der Waals surface area (Å²) in [6.07, 6.45) is 0.587. The van der Waals surface area contributed by atoms with Crippen molar-refractivity contribution in [1.29, 1.82) is 0 Å². The molecule has 0 aliphatic carbocycles. The summed E-state index contributed by atoms with van der Waals surface area (Å²) in [4.78, 5) is 13.1. The highest BCUT2D eigenvalue weighted by molar-refractivity contribution is 5.74. The van der Waals surface area contributed by atoms with Crippen LogP contribution in [0.1, 0.15) is 18.9 Å². The van der Waals surface area contributed by atoms with Crippen molar-refractivity contribution in [2.45, 2.75) is 19.9 Å². The molecule has 1 aromatic carbocycles. The fraction of sp³-hybridized carbons (Fsp3) is 0.462. The monoisotopic (exact) mass is 253 g/mol. The van der Waals surface area contributed by atoms with E-state index < -0.39 is 17.2 Å². The lowest BCUT2D eigenvalue weighted by molar-refractivity contribution is -0.147. The summed E-state index contributed by atoms with van der Waals surface area (Å²) in [5, 5.41) is 18.4. The Kier molecular flexibility index (Phi) is 3.26. The van der Waals surface area contributed by atoms with Gasteiger partial charge in [-0.05, 0) is 37.6 Å². The fourth-order valence-electron chi connectivity index (χ4n) is 2.35. The highest BCUT2D eigenvalue weighted by Gasteiger charge is 2.40. The molecular weight excluding hydrogens is 237 g/mol. The van der Waals surface area contributed by atoms with Gasteiger partial charge in [0.15, 0.2) is 0 Å². The molecule has 1 fully saturated rings. The molecule has 4 nitrogen and oxygen atoms in total. The van der Waals surface area contributed by atoms with Gasteiger partial charge in [0.25, 0.3) is 0 Å². The molecule has 0 spiro atoms. The summed E-state index contributed by atoms with van der Waals surface area (Å²) in [6, 6.07) is 3.91. The van der Waals surface area contributed by atoms with Gasteiger partial charge < -0.3 is 10.2 Å². The van der Waals surface area contributed by atoms with Gasteiger partial charge >= 0.3 is 5.97 Å². The molecule has 0 bridgehead atoms. The van der Waals surface area contributed by atoms with Crippen LogP contribution >= 0.6 is 0 Å². The molecule has 1 aromatic rings. The molecule has 5 heteroatoms. The number of benzene rings is 1. The van der Waals surface area contributed by atoms with Crippen LogP contribution in [0.4, 0.5) is 4.39 Å². The highest BCUT2D eigenvalue weighted by atomic mass is 19.1. The van der Waals surface area contributed by atoms with Crippen molar-refractivity contribution in [3.05, 3.63) is 29.6 Å². The summed E-state index contributed by atoms with van der Waals surface area (Å²) in [6.45, 7) is 3.28. The number of carboxylic acid groups (broad SMARTS) is 1. The molecular formula is C13H16FNO3. The van der Waals surface area contributed by atoms with Crippen LogP contribution in [0.5, 0.6) is 5.75 Å². The molecule has 2 N–H and O–H groups in total. The molecule has 0 saturated carbocycles. The third-order valence-electron chi connectivity index (χ3n) is 3.42. The van der Waals surface area contributed by atoms with Gasteiger partial charge in [-0.1, -0.05) is 0 Å². The predicted molar refractivity (Wildman–Crippen MR) is 63.7 cm³/mol. The van der Waals surface area contributed by atoms with E-state index >= 15 is 0 Å². The van der Waals surface area contributed by atoms with Crippen molar-refractivity contribution in [2.75, 3.05) is 13.1 Å². The number of halogens is 1. The zero-order valence-corrected chi connectivity index (χ0v) is 10.2. The number of phenolic OH excluding ortho intramolecular Hbond substituents is 1. The Bertz CT molecular complexity index is 457. The summed E-state index contributed by atoms with van der Waals surface area (Å²) in [5.41, 5.74) is -0.0721. The molecule has 1 aliphatic heterocycles. The van der Waals surface area contributed by atoms with Crippen LogP contribution in [0.3, 0.4) is 0 Å². The first-order chi connectivity index (χ1) is 8.39. The lowest BCUT2D eigenvalue weighted by Gasteiger charge is -2.20. The molecule has 2 rings (SSSR count). The predicted octanol–water partition coefficient (Wildman–Crippen LogP) is 1.83. The number of hydrogen-bond donors (Lipinski definition) is 2. The Morgan fingerprint density at radius 3 is 2.78 bits per heavy atom. The quantitative estimate of drug-likeness (QED) is 0.862. The Morgan fingerprint density at radius 1 is 1.50 bits per heavy atom. The van der Waals surface area contributed by atoms with E-state index in [9.17, 15) is 14.3 Å². The van der Waals surface area contributed by atoms with Gasteiger partial charge in [-0.15, -0.1) is 0 Å². The number of aromatic hydroxyl groups is 1. The maximum absolute atomic E-state index is 13.1. The summed E-state index contributed by atoms with van der Waals surface area (Å²) < 4.78 is 13.1. The maximum atomic E-state index is 13.1. The second kappa shape index (κ2) is 4.57. The SMILES string of the molecule is CC1(C(=O)O)CCN(Cc2cc(O)cc(F)c2)C1. The Balaban J connectivity index is 2.06. The second-order valence-corrected chi connectivity index (χ2v) is 5.14. The summed E-state index contributed by atoms with van der Waals surface area (Å²) >= 11 is 0. The van der Waals surface area contributed by atoms with Crippen molar-refractivity contribution in [1.82, 2.24) is 4.90 Å². The van der Waals surface area contributed by atoms with Crippen LogP contribution in [0.25, 0.3) is 0 Å². The third-order valence-corrected chi connectivity index (χ3v) is 3.42. The van der Waals surface area contributed by atoms with Crippen molar-refractivity contribution < 1.29 is 19.4 Å². The van der Waals surface area contributed by atoms with Gasteiger partial charge in [-0.3, -0.25) is 9.69 Å². The maximum Gasteiger partial charge on any atom is 0.310 e. The average molecular weight is 253 g/mol. The topological polar surface area (TPSA) is 60.8 Å². The van der Waals surface area contributed by atoms with Crippen molar-refractivity contribution in [3.8, 4) is 5.75 Å². The number of rotatable bonds is 3. The van der Waals surface area contributed by atoms with Gasteiger partial charge in [-0.2, -0.15) is 0 Å². The third kappa shape index (κ3) is 2.61. The van der Waals surface area contributed by atoms with Crippen LogP contribution in [-0.4, -0.2) is 34.2 Å². The molecule has 1 saturated heterocycles. The minimum atomic E-state index is -0.799. The molecule has 18 heavy (non-hydrogen) atoms. The van der Waals surface area contributed by atoms with Gasteiger partial charge in [0, 0.05) is 19.2 Å². The number of carbonyl (C=O) groups is 1. The molecule has 98 valence electrons. The smallest absolute Gasteiger partial charge is 0.310 e. The van der Waals surface area contributed by atoms with Crippen molar-refractivity contribution >= 4 is 5.97 Å². The first-order valence-electron chi connectivity index (χ1n) is 5.83. The van der Waals surface area contributed by atoms with Crippen LogP contribution < -0.4 is 0 Å². The Morgan fingerprint density at radius 2 is 2.22 bits per heavy atom. The standard InChI is InChI=1S/C13H16FNO3/c1-13(12(17)18)2-3-15(8-13)7-9-4-10(14)6-11(16)5-9/h4-6,16H,2-3,7-8H2,1H3,(H,17,18). The van der Waals surface area contributed by atoms with Gasteiger partial charge in [0.1, 0.15) is 11.6 Å². The van der Waals surface area contributed by atoms with Crippen LogP contribution in [0.2, 0.25) is 0 Å². The number of carboxylic acids is 1. The molecule has 0 amide bonds. The Hall–Kier alpha value is -1.62. The summed E-state index contributed by atoms with van der Waals surface area (Å²) in [7, 11) is 0. The number of hydrogen-bond acceptors (Lipinski definition) is 3. The lowest BCUT2D eigenvalue weighted by Crippen LogP contribution is -2.31. The van der Waals surface area contributed by atoms with E-state index in [0.717, 1.165) is 6.07 Å². The van der Waals surface area contributed by atoms with E-state index in [1.54, 1.807) is 6.92 Å². The lowest BCUT2D eigenvalue weighted by atomic mass is 9.90. The molecule has 0 radical (unpaired) electrons. The van der Waals surface area contributed by atoms with Gasteiger partial charge in [0.05, 0.1) is 5.41 Å². The number of nitrogens with zero attached hydrogens (tertiary/aromatic N) is 1. The zero-order valence-electron chi connectivity index (χ0n) is 10.2. The fourth-order valence-corrected chi connectivity index (χ4v) is 2.35. The normalized spacial score (nSPS) is 24.3. The minimum absolute atomic E-state index is 0.106. The van der Waals surface area contributed by atoms with Crippen LogP contribution in [0.15, 0.2) is 18.2 Å². The molecule has 1 heterocycles. The Labute approximate surface area is 105 Å². The van der Waals surface area contributed by atoms with Gasteiger partial charge in [-0.25, -0.2) is 4.39 Å². The average Bonchev–Trinajstić information content (AvgIpc) is 2.60. The van der Waals surface area contributed by atoms with E-state index in [0.29, 0.717) is 31.6 Å². The molecule has 1 atom stereocenters. The van der Waals surface area contributed by atoms with Gasteiger partial charge in [0.2, 0.25) is 0 Å².